The van der Waals surface area contributed by atoms with E-state index in [1.807, 2.05) is 36.2 Å². The lowest BCUT2D eigenvalue weighted by Gasteiger charge is -2.18. The number of nitrogens with zero attached hydrogens (tertiary/aromatic N) is 4. The second kappa shape index (κ2) is 5.61. The van der Waals surface area contributed by atoms with Gasteiger partial charge in [0.25, 0.3) is 0 Å². The van der Waals surface area contributed by atoms with Gasteiger partial charge >= 0.3 is 0 Å². The van der Waals surface area contributed by atoms with Gasteiger partial charge in [-0.05, 0) is 17.7 Å². The summed E-state index contributed by atoms with van der Waals surface area (Å²) < 4.78 is 11.4. The van der Waals surface area contributed by atoms with Crippen LogP contribution in [0.1, 0.15) is 5.56 Å². The topological polar surface area (TPSA) is 74.8 Å². The normalized spacial score (nSPS) is 12.5. The molecular formula is C14H15N5OS. The molecule has 108 valence electrons. The van der Waals surface area contributed by atoms with E-state index in [4.69, 9.17) is 0 Å². The van der Waals surface area contributed by atoms with Crippen molar-refractivity contribution in [2.45, 2.75) is 11.4 Å². The molecule has 1 atom stereocenters. The highest BCUT2D eigenvalue weighted by atomic mass is 32.2. The Morgan fingerprint density at radius 2 is 1.95 bits per heavy atom. The maximum absolute atomic E-state index is 11.4. The fourth-order valence-electron chi connectivity index (χ4n) is 2.18. The van der Waals surface area contributed by atoms with Crippen LogP contribution in [-0.2, 0) is 17.3 Å². The summed E-state index contributed by atoms with van der Waals surface area (Å²) in [5, 5.41) is 0. The van der Waals surface area contributed by atoms with Crippen LogP contribution in [0.15, 0.2) is 41.8 Å². The van der Waals surface area contributed by atoms with Crippen LogP contribution in [0.4, 0.5) is 5.82 Å². The molecule has 0 amide bonds. The van der Waals surface area contributed by atoms with Crippen LogP contribution < -0.4 is 4.90 Å². The first kappa shape index (κ1) is 13.7. The molecule has 0 radical (unpaired) electrons. The highest BCUT2D eigenvalue weighted by Gasteiger charge is 2.10. The molecule has 6 nitrogen and oxygen atoms in total. The average molecular weight is 301 g/mol. The molecule has 0 fully saturated rings. The predicted molar refractivity (Wildman–Crippen MR) is 82.6 cm³/mol. The van der Waals surface area contributed by atoms with Crippen molar-refractivity contribution in [1.82, 2.24) is 19.9 Å². The van der Waals surface area contributed by atoms with Gasteiger partial charge in [0, 0.05) is 35.5 Å². The molecule has 0 aliphatic heterocycles. The van der Waals surface area contributed by atoms with Gasteiger partial charge in [-0.3, -0.25) is 4.21 Å². The number of benzene rings is 1. The Hall–Kier alpha value is -2.28. The van der Waals surface area contributed by atoms with Crippen LogP contribution in [0.25, 0.3) is 11.2 Å². The maximum Gasteiger partial charge on any atom is 0.182 e. The number of anilines is 1. The van der Waals surface area contributed by atoms with Crippen molar-refractivity contribution in [1.29, 1.82) is 0 Å². The lowest BCUT2D eigenvalue weighted by Crippen LogP contribution is -2.18. The van der Waals surface area contributed by atoms with Gasteiger partial charge in [0.15, 0.2) is 11.5 Å². The Labute approximate surface area is 124 Å². The Kier molecular flexibility index (Phi) is 3.66. The average Bonchev–Trinajstić information content (AvgIpc) is 2.96. The van der Waals surface area contributed by atoms with Crippen LogP contribution in [0.3, 0.4) is 0 Å². The standard InChI is InChI=1S/C14H15N5OS/c1-19(7-10-3-5-11(6-4-10)21(2)20)14-12-13(16-8-15-12)17-9-18-14/h3-6,8-9H,7H2,1-2H3,(H,15,16,17,18). The van der Waals surface area contributed by atoms with Crippen LogP contribution in [-0.4, -0.2) is 37.4 Å². The van der Waals surface area contributed by atoms with E-state index in [2.05, 4.69) is 19.9 Å². The third kappa shape index (κ3) is 2.78. The number of H-pyrrole nitrogens is 1. The smallest absolute Gasteiger partial charge is 0.182 e. The van der Waals surface area contributed by atoms with E-state index in [0.717, 1.165) is 21.8 Å². The van der Waals surface area contributed by atoms with Crippen molar-refractivity contribution in [3.8, 4) is 0 Å². The van der Waals surface area contributed by atoms with Gasteiger partial charge < -0.3 is 9.88 Å². The summed E-state index contributed by atoms with van der Waals surface area (Å²) in [5.74, 6) is 0.806. The van der Waals surface area contributed by atoms with Crippen molar-refractivity contribution in [3.05, 3.63) is 42.5 Å². The molecule has 3 rings (SSSR count). The van der Waals surface area contributed by atoms with E-state index in [0.29, 0.717) is 12.2 Å². The first-order chi connectivity index (χ1) is 10.1. The summed E-state index contributed by atoms with van der Waals surface area (Å²) in [5.41, 5.74) is 2.60. The third-order valence-electron chi connectivity index (χ3n) is 3.24. The Bertz CT molecular complexity index is 783. The summed E-state index contributed by atoms with van der Waals surface area (Å²) in [4.78, 5) is 18.5. The zero-order chi connectivity index (χ0) is 14.8. The number of fused-ring (bicyclic) bond motifs is 1. The molecule has 21 heavy (non-hydrogen) atoms. The van der Waals surface area contributed by atoms with Gasteiger partial charge in [0.05, 0.1) is 6.33 Å². The molecular weight excluding hydrogens is 286 g/mol. The summed E-state index contributed by atoms with van der Waals surface area (Å²) in [7, 11) is 1.02. The van der Waals surface area contributed by atoms with Gasteiger partial charge in [-0.2, -0.15) is 0 Å². The van der Waals surface area contributed by atoms with E-state index >= 15 is 0 Å². The fourth-order valence-corrected chi connectivity index (χ4v) is 2.70. The van der Waals surface area contributed by atoms with Gasteiger partial charge in [0.1, 0.15) is 11.8 Å². The van der Waals surface area contributed by atoms with Gasteiger partial charge in [-0.15, -0.1) is 0 Å². The molecule has 7 heteroatoms. The SMILES string of the molecule is CN(Cc1ccc(S(C)=O)cc1)c1ncnc2nc[nH]c12. The Morgan fingerprint density at radius 1 is 1.19 bits per heavy atom. The Morgan fingerprint density at radius 3 is 2.67 bits per heavy atom. The maximum atomic E-state index is 11.4. The molecule has 0 aliphatic carbocycles. The number of hydrogen-bond donors (Lipinski definition) is 1. The van der Waals surface area contributed by atoms with E-state index < -0.39 is 10.8 Å². The van der Waals surface area contributed by atoms with Gasteiger partial charge in [-0.1, -0.05) is 12.1 Å². The lowest BCUT2D eigenvalue weighted by atomic mass is 10.2. The zero-order valence-electron chi connectivity index (χ0n) is 11.8. The molecule has 2 aromatic heterocycles. The van der Waals surface area contributed by atoms with Crippen molar-refractivity contribution in [3.63, 3.8) is 0 Å². The molecule has 0 aliphatic rings. The molecule has 0 bridgehead atoms. The molecule has 1 N–H and O–H groups in total. The second-order valence-electron chi connectivity index (χ2n) is 4.75. The molecule has 2 heterocycles. The van der Waals surface area contributed by atoms with Crippen molar-refractivity contribution < 1.29 is 4.21 Å². The fraction of sp³-hybridized carbons (Fsp3) is 0.214. The van der Waals surface area contributed by atoms with Crippen molar-refractivity contribution in [2.75, 3.05) is 18.2 Å². The molecule has 0 saturated carbocycles. The van der Waals surface area contributed by atoms with Crippen LogP contribution in [0.5, 0.6) is 0 Å². The van der Waals surface area contributed by atoms with Crippen LogP contribution in [0, 0.1) is 0 Å². The highest BCUT2D eigenvalue weighted by Crippen LogP contribution is 2.20. The van der Waals surface area contributed by atoms with E-state index in [-0.39, 0.29) is 0 Å². The molecule has 1 unspecified atom stereocenters. The second-order valence-corrected chi connectivity index (χ2v) is 6.13. The van der Waals surface area contributed by atoms with Crippen LogP contribution >= 0.6 is 0 Å². The summed E-state index contributed by atoms with van der Waals surface area (Å²) in [6, 6.07) is 7.76. The number of aromatic amines is 1. The number of nitrogens with one attached hydrogen (secondary N) is 1. The number of aromatic nitrogens is 4. The van der Waals surface area contributed by atoms with E-state index in [9.17, 15) is 4.21 Å². The van der Waals surface area contributed by atoms with E-state index in [1.165, 1.54) is 6.33 Å². The number of hydrogen-bond acceptors (Lipinski definition) is 5. The minimum absolute atomic E-state index is 0.656. The largest absolute Gasteiger partial charge is 0.353 e. The number of imidazole rings is 1. The zero-order valence-corrected chi connectivity index (χ0v) is 12.6. The van der Waals surface area contributed by atoms with Gasteiger partial charge in [-0.25, -0.2) is 15.0 Å². The number of rotatable bonds is 4. The first-order valence-electron chi connectivity index (χ1n) is 6.43. The van der Waals surface area contributed by atoms with Crippen molar-refractivity contribution in [2.24, 2.45) is 0 Å². The monoisotopic (exact) mass is 301 g/mol. The minimum atomic E-state index is -0.947. The summed E-state index contributed by atoms with van der Waals surface area (Å²) in [6.45, 7) is 0.696. The minimum Gasteiger partial charge on any atom is -0.353 e. The predicted octanol–water partition coefficient (Wildman–Crippen LogP) is 1.73. The van der Waals surface area contributed by atoms with Crippen molar-refractivity contribution >= 4 is 27.8 Å². The Balaban J connectivity index is 1.84. The highest BCUT2D eigenvalue weighted by molar-refractivity contribution is 7.84. The lowest BCUT2D eigenvalue weighted by molar-refractivity contribution is 0.687. The van der Waals surface area contributed by atoms with Gasteiger partial charge in [0.2, 0.25) is 0 Å². The summed E-state index contributed by atoms with van der Waals surface area (Å²) >= 11 is 0. The van der Waals surface area contributed by atoms with Crippen LogP contribution in [0.2, 0.25) is 0 Å². The first-order valence-corrected chi connectivity index (χ1v) is 7.98. The third-order valence-corrected chi connectivity index (χ3v) is 4.18. The molecule has 0 spiro atoms. The molecule has 3 aromatic rings. The quantitative estimate of drug-likeness (QED) is 0.794. The summed E-state index contributed by atoms with van der Waals surface area (Å²) in [6.07, 6.45) is 4.80. The van der Waals surface area contributed by atoms with E-state index in [1.54, 1.807) is 12.6 Å². The molecule has 0 saturated heterocycles. The molecule has 1 aromatic carbocycles.